The van der Waals surface area contributed by atoms with Gasteiger partial charge >= 0.3 is 0 Å². The van der Waals surface area contributed by atoms with Crippen molar-refractivity contribution in [2.24, 2.45) is 0 Å². The van der Waals surface area contributed by atoms with Gasteiger partial charge in [0.25, 0.3) is 0 Å². The van der Waals surface area contributed by atoms with Crippen molar-refractivity contribution in [1.29, 1.82) is 0 Å². The summed E-state index contributed by atoms with van der Waals surface area (Å²) < 4.78 is 0. The average Bonchev–Trinajstić information content (AvgIpc) is 3.18. The third-order valence-electron chi connectivity index (χ3n) is 5.97. The zero-order chi connectivity index (χ0) is 16.8. The molecule has 2 aliphatic carbocycles. The Hall–Kier alpha value is -2.08. The average molecular weight is 314 g/mol. The molecule has 0 aliphatic heterocycles. The molecule has 0 bridgehead atoms. The summed E-state index contributed by atoms with van der Waals surface area (Å²) in [7, 11) is 0. The van der Waals surface area contributed by atoms with Crippen LogP contribution in [0.5, 0.6) is 0 Å². The van der Waals surface area contributed by atoms with Crippen LogP contribution in [0.25, 0.3) is 12.2 Å². The Kier molecular flexibility index (Phi) is 3.72. The molecule has 24 heavy (non-hydrogen) atoms. The van der Waals surface area contributed by atoms with Crippen LogP contribution in [0.2, 0.25) is 0 Å². The van der Waals surface area contributed by atoms with Crippen LogP contribution >= 0.6 is 0 Å². The number of aryl methyl sites for hydroxylation is 4. The van der Waals surface area contributed by atoms with Gasteiger partial charge in [0, 0.05) is 11.8 Å². The zero-order valence-corrected chi connectivity index (χ0v) is 15.2. The van der Waals surface area contributed by atoms with E-state index in [0.29, 0.717) is 11.8 Å². The van der Waals surface area contributed by atoms with E-state index in [1.165, 1.54) is 46.2 Å². The van der Waals surface area contributed by atoms with Crippen LogP contribution in [0, 0.1) is 27.7 Å². The Bertz CT molecular complexity index is 791. The molecule has 2 aliphatic rings. The maximum Gasteiger partial charge on any atom is 0.00302 e. The van der Waals surface area contributed by atoms with E-state index in [1.807, 2.05) is 0 Å². The fourth-order valence-electron chi connectivity index (χ4n) is 4.59. The van der Waals surface area contributed by atoms with Gasteiger partial charge in [-0.2, -0.15) is 0 Å². The number of hydrogen-bond acceptors (Lipinski definition) is 0. The van der Waals surface area contributed by atoms with E-state index in [0.717, 1.165) is 0 Å². The SMILES string of the molecule is Cc1ccc(C)c2c1C=CC2CCC1C=Cc2c(C)ccc(C)c21. The molecular weight excluding hydrogens is 288 g/mol. The lowest BCUT2D eigenvalue weighted by atomic mass is 9.85. The lowest BCUT2D eigenvalue weighted by Gasteiger charge is -2.19. The number of rotatable bonds is 3. The van der Waals surface area contributed by atoms with E-state index >= 15 is 0 Å². The summed E-state index contributed by atoms with van der Waals surface area (Å²) in [5.41, 5.74) is 11.8. The molecule has 4 rings (SSSR count). The minimum absolute atomic E-state index is 0.586. The monoisotopic (exact) mass is 314 g/mol. The van der Waals surface area contributed by atoms with Gasteiger partial charge in [0.15, 0.2) is 0 Å². The van der Waals surface area contributed by atoms with E-state index in [9.17, 15) is 0 Å². The summed E-state index contributed by atoms with van der Waals surface area (Å²) in [5.74, 6) is 1.17. The molecule has 0 heteroatoms. The van der Waals surface area contributed by atoms with E-state index in [2.05, 4.69) is 76.3 Å². The molecular formula is C24H26. The van der Waals surface area contributed by atoms with Gasteiger partial charge in [0.2, 0.25) is 0 Å². The first-order chi connectivity index (χ1) is 11.6. The molecule has 0 N–H and O–H groups in total. The second kappa shape index (κ2) is 5.77. The number of allylic oxidation sites excluding steroid dienone is 2. The van der Waals surface area contributed by atoms with Crippen LogP contribution in [0.3, 0.4) is 0 Å². The fourth-order valence-corrected chi connectivity index (χ4v) is 4.59. The van der Waals surface area contributed by atoms with Gasteiger partial charge in [-0.05, 0) is 85.0 Å². The molecule has 0 amide bonds. The highest BCUT2D eigenvalue weighted by molar-refractivity contribution is 5.68. The molecule has 0 saturated heterocycles. The number of fused-ring (bicyclic) bond motifs is 2. The predicted octanol–water partition coefficient (Wildman–Crippen LogP) is 6.62. The maximum atomic E-state index is 2.42. The summed E-state index contributed by atoms with van der Waals surface area (Å²) in [4.78, 5) is 0. The molecule has 2 atom stereocenters. The lowest BCUT2D eigenvalue weighted by Crippen LogP contribution is -2.03. The standard InChI is InChI=1S/C24H26/c1-15-5-7-17(3)23-19(11-13-21(15)23)9-10-20-12-14-22-16(2)6-8-18(4)24(20)22/h5-8,11-14,19-20H,9-10H2,1-4H3. The van der Waals surface area contributed by atoms with Gasteiger partial charge in [-0.1, -0.05) is 48.6 Å². The highest BCUT2D eigenvalue weighted by Crippen LogP contribution is 2.42. The minimum Gasteiger partial charge on any atom is -0.0764 e. The van der Waals surface area contributed by atoms with Crippen molar-refractivity contribution in [2.75, 3.05) is 0 Å². The summed E-state index contributed by atoms with van der Waals surface area (Å²) in [5, 5.41) is 0. The third kappa shape index (κ3) is 2.36. The van der Waals surface area contributed by atoms with Crippen LogP contribution in [0.4, 0.5) is 0 Å². The predicted molar refractivity (Wildman–Crippen MR) is 105 cm³/mol. The molecule has 2 aromatic carbocycles. The van der Waals surface area contributed by atoms with E-state index in [4.69, 9.17) is 0 Å². The summed E-state index contributed by atoms with van der Waals surface area (Å²) >= 11 is 0. The van der Waals surface area contributed by atoms with Crippen LogP contribution < -0.4 is 0 Å². The van der Waals surface area contributed by atoms with Crippen molar-refractivity contribution >= 4 is 12.2 Å². The van der Waals surface area contributed by atoms with Crippen molar-refractivity contribution in [3.8, 4) is 0 Å². The third-order valence-corrected chi connectivity index (χ3v) is 5.97. The fraction of sp³-hybridized carbons (Fsp3) is 0.333. The molecule has 0 heterocycles. The highest BCUT2D eigenvalue weighted by atomic mass is 14.3. The van der Waals surface area contributed by atoms with Gasteiger partial charge in [0.1, 0.15) is 0 Å². The molecule has 0 saturated carbocycles. The van der Waals surface area contributed by atoms with E-state index in [1.54, 1.807) is 11.1 Å². The van der Waals surface area contributed by atoms with Gasteiger partial charge in [-0.15, -0.1) is 0 Å². The molecule has 0 nitrogen and oxygen atoms in total. The lowest BCUT2D eigenvalue weighted by molar-refractivity contribution is 0.638. The number of hydrogen-bond donors (Lipinski definition) is 0. The quantitative estimate of drug-likeness (QED) is 0.597. The van der Waals surface area contributed by atoms with Crippen LogP contribution in [-0.2, 0) is 0 Å². The first-order valence-corrected chi connectivity index (χ1v) is 9.13. The molecule has 0 aromatic heterocycles. The Morgan fingerprint density at radius 3 is 1.38 bits per heavy atom. The van der Waals surface area contributed by atoms with Gasteiger partial charge in [0.05, 0.1) is 0 Å². The molecule has 0 spiro atoms. The topological polar surface area (TPSA) is 0 Å². The van der Waals surface area contributed by atoms with E-state index in [-0.39, 0.29) is 0 Å². The van der Waals surface area contributed by atoms with Gasteiger partial charge < -0.3 is 0 Å². The second-order valence-corrected chi connectivity index (χ2v) is 7.56. The molecule has 0 fully saturated rings. The van der Waals surface area contributed by atoms with Crippen molar-refractivity contribution in [3.63, 3.8) is 0 Å². The minimum atomic E-state index is 0.586. The Morgan fingerprint density at radius 1 is 0.583 bits per heavy atom. The van der Waals surface area contributed by atoms with E-state index < -0.39 is 0 Å². The van der Waals surface area contributed by atoms with Crippen molar-refractivity contribution in [3.05, 3.63) is 80.9 Å². The van der Waals surface area contributed by atoms with Crippen molar-refractivity contribution in [1.82, 2.24) is 0 Å². The Morgan fingerprint density at radius 2 is 0.958 bits per heavy atom. The molecule has 0 radical (unpaired) electrons. The Labute approximate surface area is 145 Å². The second-order valence-electron chi connectivity index (χ2n) is 7.56. The highest BCUT2D eigenvalue weighted by Gasteiger charge is 2.25. The van der Waals surface area contributed by atoms with Gasteiger partial charge in [-0.3, -0.25) is 0 Å². The Balaban J connectivity index is 1.56. The van der Waals surface area contributed by atoms with Crippen LogP contribution in [-0.4, -0.2) is 0 Å². The normalized spacial score (nSPS) is 20.5. The van der Waals surface area contributed by atoms with Gasteiger partial charge in [-0.25, -0.2) is 0 Å². The summed E-state index contributed by atoms with van der Waals surface area (Å²) in [6, 6.07) is 9.07. The first-order valence-electron chi connectivity index (χ1n) is 9.13. The molecule has 122 valence electrons. The van der Waals surface area contributed by atoms with Crippen LogP contribution in [0.15, 0.2) is 36.4 Å². The zero-order valence-electron chi connectivity index (χ0n) is 15.2. The smallest absolute Gasteiger partial charge is 0.00302 e. The van der Waals surface area contributed by atoms with Crippen LogP contribution in [0.1, 0.15) is 69.2 Å². The summed E-state index contributed by atoms with van der Waals surface area (Å²) in [6.45, 7) is 8.98. The maximum absolute atomic E-state index is 2.42. The van der Waals surface area contributed by atoms with Crippen molar-refractivity contribution in [2.45, 2.75) is 52.4 Å². The largest absolute Gasteiger partial charge is 0.0764 e. The molecule has 2 unspecified atom stereocenters. The number of benzene rings is 2. The first kappa shape index (κ1) is 15.4. The summed E-state index contributed by atoms with van der Waals surface area (Å²) in [6.07, 6.45) is 12.0. The van der Waals surface area contributed by atoms with Crippen molar-refractivity contribution < 1.29 is 0 Å². The molecule has 2 aromatic rings.